The maximum atomic E-state index is 9.61. The van der Waals surface area contributed by atoms with Gasteiger partial charge in [-0.25, -0.2) is 0 Å². The van der Waals surface area contributed by atoms with Crippen LogP contribution < -0.4 is 5.32 Å². The summed E-state index contributed by atoms with van der Waals surface area (Å²) in [6.45, 7) is 8.21. The molecule has 2 atom stereocenters. The second kappa shape index (κ2) is 6.61. The van der Waals surface area contributed by atoms with Gasteiger partial charge in [-0.1, -0.05) is 33.6 Å². The molecule has 2 nitrogen and oxygen atoms in total. The first kappa shape index (κ1) is 14.0. The lowest BCUT2D eigenvalue weighted by Gasteiger charge is -2.39. The molecule has 0 saturated heterocycles. The molecule has 1 aliphatic rings. The summed E-state index contributed by atoms with van der Waals surface area (Å²) in [5, 5.41) is 13.2. The molecule has 0 amide bonds. The molecule has 1 rings (SSSR count). The van der Waals surface area contributed by atoms with Crippen LogP contribution in [0.5, 0.6) is 0 Å². The third-order valence-corrected chi connectivity index (χ3v) is 3.85. The van der Waals surface area contributed by atoms with Crippen molar-refractivity contribution in [1.82, 2.24) is 5.32 Å². The van der Waals surface area contributed by atoms with Crippen LogP contribution in [0.1, 0.15) is 59.3 Å². The molecule has 0 heterocycles. The van der Waals surface area contributed by atoms with E-state index in [4.69, 9.17) is 0 Å². The van der Waals surface area contributed by atoms with Crippen molar-refractivity contribution in [3.05, 3.63) is 0 Å². The molecule has 16 heavy (non-hydrogen) atoms. The number of aliphatic hydroxyl groups is 1. The van der Waals surface area contributed by atoms with E-state index in [1.165, 1.54) is 25.7 Å². The van der Waals surface area contributed by atoms with Gasteiger partial charge in [-0.15, -0.1) is 0 Å². The maximum absolute atomic E-state index is 9.61. The summed E-state index contributed by atoms with van der Waals surface area (Å²) in [6, 6.07) is 0. The normalized spacial score (nSPS) is 30.9. The molecular formula is C14H29NO. The molecule has 0 radical (unpaired) electrons. The quantitative estimate of drug-likeness (QED) is 0.684. The standard InChI is InChI=1S/C14H29NO/c1-12(2)6-5-9-15-14(11-16)8-4-7-13(3)10-14/h12-13,15-16H,4-11H2,1-3H3. The lowest BCUT2D eigenvalue weighted by atomic mass is 9.77. The molecule has 2 heteroatoms. The number of hydrogen-bond donors (Lipinski definition) is 2. The molecule has 2 N–H and O–H groups in total. The van der Waals surface area contributed by atoms with E-state index in [9.17, 15) is 5.11 Å². The Morgan fingerprint density at radius 1 is 1.44 bits per heavy atom. The number of rotatable bonds is 6. The van der Waals surface area contributed by atoms with E-state index in [0.29, 0.717) is 6.61 Å². The Morgan fingerprint density at radius 2 is 2.19 bits per heavy atom. The minimum Gasteiger partial charge on any atom is -0.394 e. The summed E-state index contributed by atoms with van der Waals surface area (Å²) in [5.41, 5.74) is 0.0364. The molecule has 0 aromatic rings. The smallest absolute Gasteiger partial charge is 0.0613 e. The monoisotopic (exact) mass is 227 g/mol. The fraction of sp³-hybridized carbons (Fsp3) is 1.00. The summed E-state index contributed by atoms with van der Waals surface area (Å²) in [7, 11) is 0. The first-order valence-corrected chi connectivity index (χ1v) is 6.94. The van der Waals surface area contributed by atoms with Crippen LogP contribution in [0.2, 0.25) is 0 Å². The van der Waals surface area contributed by atoms with Crippen LogP contribution in [-0.4, -0.2) is 23.8 Å². The Kier molecular flexibility index (Phi) is 5.77. The van der Waals surface area contributed by atoms with Crippen molar-refractivity contribution in [2.45, 2.75) is 64.8 Å². The van der Waals surface area contributed by atoms with Crippen LogP contribution in [-0.2, 0) is 0 Å². The van der Waals surface area contributed by atoms with Crippen molar-refractivity contribution in [2.24, 2.45) is 11.8 Å². The molecule has 1 aliphatic carbocycles. The van der Waals surface area contributed by atoms with E-state index in [1.807, 2.05) is 0 Å². The fourth-order valence-corrected chi connectivity index (χ4v) is 2.88. The number of nitrogens with one attached hydrogen (secondary N) is 1. The minimum absolute atomic E-state index is 0.0364. The van der Waals surface area contributed by atoms with Crippen LogP contribution in [0.3, 0.4) is 0 Å². The van der Waals surface area contributed by atoms with Gasteiger partial charge in [0.15, 0.2) is 0 Å². The highest BCUT2D eigenvalue weighted by Crippen LogP contribution is 2.31. The van der Waals surface area contributed by atoms with Gasteiger partial charge < -0.3 is 10.4 Å². The topological polar surface area (TPSA) is 32.3 Å². The maximum Gasteiger partial charge on any atom is 0.0613 e. The Morgan fingerprint density at radius 3 is 2.75 bits per heavy atom. The molecule has 2 unspecified atom stereocenters. The number of aliphatic hydroxyl groups excluding tert-OH is 1. The number of hydrogen-bond acceptors (Lipinski definition) is 2. The van der Waals surface area contributed by atoms with Crippen molar-refractivity contribution in [3.63, 3.8) is 0 Å². The zero-order valence-electron chi connectivity index (χ0n) is 11.3. The fourth-order valence-electron chi connectivity index (χ4n) is 2.88. The van der Waals surface area contributed by atoms with E-state index < -0.39 is 0 Å². The molecular weight excluding hydrogens is 198 g/mol. The van der Waals surface area contributed by atoms with Gasteiger partial charge >= 0.3 is 0 Å². The van der Waals surface area contributed by atoms with Crippen molar-refractivity contribution in [3.8, 4) is 0 Å². The second-order valence-corrected chi connectivity index (χ2v) is 6.10. The van der Waals surface area contributed by atoms with E-state index >= 15 is 0 Å². The first-order valence-electron chi connectivity index (χ1n) is 6.94. The van der Waals surface area contributed by atoms with Gasteiger partial charge in [0.05, 0.1) is 6.61 Å². The summed E-state index contributed by atoms with van der Waals surface area (Å²) in [4.78, 5) is 0. The highest BCUT2D eigenvalue weighted by Gasteiger charge is 2.33. The highest BCUT2D eigenvalue weighted by molar-refractivity contribution is 4.92. The van der Waals surface area contributed by atoms with E-state index in [0.717, 1.165) is 31.2 Å². The molecule has 0 aliphatic heterocycles. The summed E-state index contributed by atoms with van der Waals surface area (Å²) in [6.07, 6.45) is 7.40. The predicted octanol–water partition coefficient (Wildman–Crippen LogP) is 2.95. The van der Waals surface area contributed by atoms with Crippen molar-refractivity contribution < 1.29 is 5.11 Å². The van der Waals surface area contributed by atoms with Crippen LogP contribution in [0.15, 0.2) is 0 Å². The Bertz CT molecular complexity index is 193. The largest absolute Gasteiger partial charge is 0.394 e. The third-order valence-electron chi connectivity index (χ3n) is 3.85. The zero-order valence-corrected chi connectivity index (χ0v) is 11.3. The molecule has 96 valence electrons. The minimum atomic E-state index is 0.0364. The zero-order chi connectivity index (χ0) is 12.0. The average molecular weight is 227 g/mol. The molecule has 1 fully saturated rings. The van der Waals surface area contributed by atoms with Crippen molar-refractivity contribution >= 4 is 0 Å². The van der Waals surface area contributed by atoms with Gasteiger partial charge in [0.2, 0.25) is 0 Å². The lowest BCUT2D eigenvalue weighted by Crippen LogP contribution is -2.51. The highest BCUT2D eigenvalue weighted by atomic mass is 16.3. The summed E-state index contributed by atoms with van der Waals surface area (Å²) in [5.74, 6) is 1.55. The van der Waals surface area contributed by atoms with Gasteiger partial charge in [0, 0.05) is 5.54 Å². The second-order valence-electron chi connectivity index (χ2n) is 6.10. The van der Waals surface area contributed by atoms with E-state index in [2.05, 4.69) is 26.1 Å². The SMILES string of the molecule is CC(C)CCCNC1(CO)CCCC(C)C1. The Labute approximate surface area is 101 Å². The summed E-state index contributed by atoms with van der Waals surface area (Å²) < 4.78 is 0. The molecule has 0 bridgehead atoms. The van der Waals surface area contributed by atoms with Gasteiger partial charge in [0.1, 0.15) is 0 Å². The molecule has 1 saturated carbocycles. The van der Waals surface area contributed by atoms with Crippen LogP contribution in [0.25, 0.3) is 0 Å². The lowest BCUT2D eigenvalue weighted by molar-refractivity contribution is 0.0993. The van der Waals surface area contributed by atoms with Crippen LogP contribution in [0, 0.1) is 11.8 Å². The average Bonchev–Trinajstić information content (AvgIpc) is 2.24. The van der Waals surface area contributed by atoms with Gasteiger partial charge in [-0.3, -0.25) is 0 Å². The molecule has 0 aromatic carbocycles. The first-order chi connectivity index (χ1) is 7.58. The predicted molar refractivity (Wildman–Crippen MR) is 69.5 cm³/mol. The van der Waals surface area contributed by atoms with Gasteiger partial charge in [-0.2, -0.15) is 0 Å². The third kappa shape index (κ3) is 4.42. The van der Waals surface area contributed by atoms with Crippen LogP contribution >= 0.6 is 0 Å². The van der Waals surface area contributed by atoms with Crippen molar-refractivity contribution in [1.29, 1.82) is 0 Å². The van der Waals surface area contributed by atoms with Crippen LogP contribution in [0.4, 0.5) is 0 Å². The van der Waals surface area contributed by atoms with E-state index in [-0.39, 0.29) is 5.54 Å². The summed E-state index contributed by atoms with van der Waals surface area (Å²) >= 11 is 0. The Balaban J connectivity index is 2.29. The van der Waals surface area contributed by atoms with Crippen molar-refractivity contribution in [2.75, 3.05) is 13.2 Å². The molecule has 0 spiro atoms. The van der Waals surface area contributed by atoms with Gasteiger partial charge in [0.25, 0.3) is 0 Å². The van der Waals surface area contributed by atoms with Gasteiger partial charge in [-0.05, 0) is 44.1 Å². The van der Waals surface area contributed by atoms with E-state index in [1.54, 1.807) is 0 Å². The molecule has 0 aromatic heterocycles. The Hall–Kier alpha value is -0.0800.